The van der Waals surface area contributed by atoms with Crippen molar-refractivity contribution in [1.82, 2.24) is 0 Å². The van der Waals surface area contributed by atoms with Gasteiger partial charge in [0.15, 0.2) is 0 Å². The second-order valence-electron chi connectivity index (χ2n) is 1.96. The van der Waals surface area contributed by atoms with Crippen LogP contribution in [0.3, 0.4) is 0 Å². The molecular formula is C4H8N2S. The quantitative estimate of drug-likeness (QED) is 0.474. The first kappa shape index (κ1) is 5.09. The van der Waals surface area contributed by atoms with E-state index in [1.165, 1.54) is 0 Å². The van der Waals surface area contributed by atoms with Crippen molar-refractivity contribution < 1.29 is 0 Å². The van der Waals surface area contributed by atoms with Crippen LogP contribution in [-0.4, -0.2) is 10.7 Å². The fourth-order valence-corrected chi connectivity index (χ4v) is 0.962. The minimum Gasteiger partial charge on any atom is -0.182 e. The fourth-order valence-electron chi connectivity index (χ4n) is 0.415. The summed E-state index contributed by atoms with van der Waals surface area (Å²) >= 11 is 1.77. The van der Waals surface area contributed by atoms with Gasteiger partial charge in [-0.1, -0.05) is 0 Å². The maximum absolute atomic E-state index is 3.96. The van der Waals surface area contributed by atoms with Gasteiger partial charge in [-0.25, -0.2) is 0 Å². The second kappa shape index (κ2) is 1.47. The van der Waals surface area contributed by atoms with Gasteiger partial charge in [0.05, 0.1) is 0 Å². The first-order valence-corrected chi connectivity index (χ1v) is 3.22. The van der Waals surface area contributed by atoms with Crippen molar-refractivity contribution in [1.29, 1.82) is 0 Å². The summed E-state index contributed by atoms with van der Waals surface area (Å²) in [7, 11) is 0. The minimum absolute atomic E-state index is 0.0694. The summed E-state index contributed by atoms with van der Waals surface area (Å²) < 4.78 is 0. The van der Waals surface area contributed by atoms with Gasteiger partial charge in [0, 0.05) is 0 Å². The Balaban J connectivity index is 2.57. The lowest BCUT2D eigenvalue weighted by Crippen LogP contribution is -2.04. The smallest absolute Gasteiger partial charge is 0.123 e. The van der Waals surface area contributed by atoms with Gasteiger partial charge in [0.1, 0.15) is 10.7 Å². The largest absolute Gasteiger partial charge is 0.182 e. The van der Waals surface area contributed by atoms with E-state index >= 15 is 0 Å². The normalized spacial score (nSPS) is 26.0. The van der Waals surface area contributed by atoms with E-state index in [2.05, 4.69) is 24.1 Å². The molecule has 0 saturated carbocycles. The van der Waals surface area contributed by atoms with E-state index in [0.29, 0.717) is 0 Å². The van der Waals surface area contributed by atoms with Crippen molar-refractivity contribution in [3.05, 3.63) is 0 Å². The van der Waals surface area contributed by atoms with Crippen LogP contribution < -0.4 is 0 Å². The Morgan fingerprint density at radius 3 is 2.43 bits per heavy atom. The standard InChI is InChI=1S/C4H8N2S/c1-4(2)6-5-3-7-4/h3H2,1-2H3. The predicted molar refractivity (Wildman–Crippen MR) is 31.4 cm³/mol. The molecule has 0 amide bonds. The molecular weight excluding hydrogens is 108 g/mol. The van der Waals surface area contributed by atoms with E-state index < -0.39 is 0 Å². The number of rotatable bonds is 0. The van der Waals surface area contributed by atoms with Crippen molar-refractivity contribution in [2.45, 2.75) is 18.7 Å². The molecule has 1 heterocycles. The predicted octanol–water partition coefficient (Wildman–Crippen LogP) is 1.88. The van der Waals surface area contributed by atoms with Crippen LogP contribution in [0.25, 0.3) is 0 Å². The molecule has 40 valence electrons. The second-order valence-corrected chi connectivity index (χ2v) is 3.51. The maximum Gasteiger partial charge on any atom is 0.123 e. The Labute approximate surface area is 47.4 Å². The number of azo groups is 1. The lowest BCUT2D eigenvalue weighted by molar-refractivity contribution is 0.729. The first-order chi connectivity index (χ1) is 3.21. The van der Waals surface area contributed by atoms with E-state index in [9.17, 15) is 0 Å². The van der Waals surface area contributed by atoms with Crippen LogP contribution >= 0.6 is 11.8 Å². The van der Waals surface area contributed by atoms with Crippen molar-refractivity contribution in [2.75, 3.05) is 5.88 Å². The zero-order valence-electron chi connectivity index (χ0n) is 4.51. The summed E-state index contributed by atoms with van der Waals surface area (Å²) in [6.07, 6.45) is 0. The third-order valence-electron chi connectivity index (χ3n) is 0.787. The van der Waals surface area contributed by atoms with E-state index in [0.717, 1.165) is 5.88 Å². The van der Waals surface area contributed by atoms with E-state index in [1.54, 1.807) is 11.8 Å². The van der Waals surface area contributed by atoms with Gasteiger partial charge in [0.2, 0.25) is 0 Å². The molecule has 0 aromatic heterocycles. The van der Waals surface area contributed by atoms with E-state index in [-0.39, 0.29) is 4.87 Å². The fraction of sp³-hybridized carbons (Fsp3) is 1.00. The van der Waals surface area contributed by atoms with E-state index in [4.69, 9.17) is 0 Å². The first-order valence-electron chi connectivity index (χ1n) is 2.23. The van der Waals surface area contributed by atoms with Crippen LogP contribution in [0.2, 0.25) is 0 Å². The van der Waals surface area contributed by atoms with Gasteiger partial charge in [-0.3, -0.25) is 0 Å². The zero-order valence-corrected chi connectivity index (χ0v) is 5.33. The topological polar surface area (TPSA) is 24.7 Å². The van der Waals surface area contributed by atoms with Crippen molar-refractivity contribution >= 4 is 11.8 Å². The van der Waals surface area contributed by atoms with Gasteiger partial charge in [0.25, 0.3) is 0 Å². The monoisotopic (exact) mass is 116 g/mol. The molecule has 0 radical (unpaired) electrons. The average molecular weight is 116 g/mol. The Kier molecular flexibility index (Phi) is 1.07. The SMILES string of the molecule is CC1(C)N=NCS1. The Morgan fingerprint density at radius 1 is 1.57 bits per heavy atom. The molecule has 0 fully saturated rings. The third kappa shape index (κ3) is 1.16. The Hall–Kier alpha value is -0.0500. The highest BCUT2D eigenvalue weighted by Crippen LogP contribution is 2.31. The number of nitrogens with zero attached hydrogens (tertiary/aromatic N) is 2. The summed E-state index contributed by atoms with van der Waals surface area (Å²) in [4.78, 5) is 0.0694. The molecule has 0 atom stereocenters. The lowest BCUT2D eigenvalue weighted by atomic mass is 10.4. The van der Waals surface area contributed by atoms with Crippen LogP contribution in [0.5, 0.6) is 0 Å². The van der Waals surface area contributed by atoms with Gasteiger partial charge in [-0.05, 0) is 13.8 Å². The van der Waals surface area contributed by atoms with Crippen LogP contribution in [0.4, 0.5) is 0 Å². The van der Waals surface area contributed by atoms with Crippen molar-refractivity contribution in [3.8, 4) is 0 Å². The van der Waals surface area contributed by atoms with Crippen molar-refractivity contribution in [2.24, 2.45) is 10.2 Å². The molecule has 0 saturated heterocycles. The van der Waals surface area contributed by atoms with Gasteiger partial charge in [-0.2, -0.15) is 10.2 Å². The van der Waals surface area contributed by atoms with Crippen LogP contribution in [-0.2, 0) is 0 Å². The molecule has 2 nitrogen and oxygen atoms in total. The molecule has 0 aromatic rings. The molecule has 1 aliphatic heterocycles. The maximum atomic E-state index is 3.96. The summed E-state index contributed by atoms with van der Waals surface area (Å²) in [5.41, 5.74) is 0. The molecule has 0 bridgehead atoms. The number of hydrogen-bond acceptors (Lipinski definition) is 3. The summed E-state index contributed by atoms with van der Waals surface area (Å²) in [6.45, 7) is 4.13. The highest BCUT2D eigenvalue weighted by molar-refractivity contribution is 8.00. The molecule has 1 rings (SSSR count). The molecule has 0 spiro atoms. The molecule has 1 aliphatic rings. The summed E-state index contributed by atoms with van der Waals surface area (Å²) in [5.74, 6) is 0.840. The molecule has 0 unspecified atom stereocenters. The molecule has 0 aliphatic carbocycles. The lowest BCUT2D eigenvalue weighted by Gasteiger charge is -2.06. The minimum atomic E-state index is 0.0694. The average Bonchev–Trinajstić information content (AvgIpc) is 1.84. The molecule has 7 heavy (non-hydrogen) atoms. The summed E-state index contributed by atoms with van der Waals surface area (Å²) in [6, 6.07) is 0. The third-order valence-corrected chi connectivity index (χ3v) is 1.82. The van der Waals surface area contributed by atoms with Crippen molar-refractivity contribution in [3.63, 3.8) is 0 Å². The summed E-state index contributed by atoms with van der Waals surface area (Å²) in [5, 5.41) is 7.78. The Morgan fingerprint density at radius 2 is 2.29 bits per heavy atom. The van der Waals surface area contributed by atoms with Gasteiger partial charge in [-0.15, -0.1) is 11.8 Å². The highest BCUT2D eigenvalue weighted by atomic mass is 32.2. The van der Waals surface area contributed by atoms with E-state index in [1.807, 2.05) is 0 Å². The molecule has 3 heteroatoms. The van der Waals surface area contributed by atoms with Crippen LogP contribution in [0.15, 0.2) is 10.2 Å². The van der Waals surface area contributed by atoms with Crippen LogP contribution in [0.1, 0.15) is 13.8 Å². The highest BCUT2D eigenvalue weighted by Gasteiger charge is 2.20. The Bertz CT molecular complexity index is 97.9. The number of thioether (sulfide) groups is 1. The van der Waals surface area contributed by atoms with Gasteiger partial charge < -0.3 is 0 Å². The molecule has 0 aromatic carbocycles. The molecule has 0 N–H and O–H groups in total. The van der Waals surface area contributed by atoms with Crippen LogP contribution in [0, 0.1) is 0 Å². The number of hydrogen-bond donors (Lipinski definition) is 0. The zero-order chi connectivity index (χ0) is 5.33. The van der Waals surface area contributed by atoms with Gasteiger partial charge >= 0.3 is 0 Å².